The van der Waals surface area contributed by atoms with E-state index in [-0.39, 0.29) is 5.92 Å². The zero-order valence-corrected chi connectivity index (χ0v) is 7.67. The van der Waals surface area contributed by atoms with E-state index in [2.05, 4.69) is 0 Å². The molecule has 1 fully saturated rings. The Labute approximate surface area is 72.7 Å². The van der Waals surface area contributed by atoms with Gasteiger partial charge in [0.05, 0.1) is 12.0 Å². The second kappa shape index (κ2) is 3.44. The fourth-order valence-electron chi connectivity index (χ4n) is 1.65. The van der Waals surface area contributed by atoms with Gasteiger partial charge in [-0.3, -0.25) is 4.79 Å². The van der Waals surface area contributed by atoms with Crippen molar-refractivity contribution in [3.05, 3.63) is 0 Å². The van der Waals surface area contributed by atoms with E-state index in [1.165, 1.54) is 0 Å². The predicted octanol–water partition coefficient (Wildman–Crippen LogP) is 1.52. The Morgan fingerprint density at radius 1 is 1.75 bits per heavy atom. The molecule has 0 aromatic rings. The summed E-state index contributed by atoms with van der Waals surface area (Å²) >= 11 is 0. The molecule has 0 aromatic heterocycles. The Balaban J connectivity index is 2.70. The van der Waals surface area contributed by atoms with E-state index >= 15 is 0 Å². The minimum absolute atomic E-state index is 0.194. The molecule has 0 aliphatic carbocycles. The fraction of sp³-hybridized carbons (Fsp3) is 0.889. The molecule has 12 heavy (non-hydrogen) atoms. The molecule has 1 saturated heterocycles. The van der Waals surface area contributed by atoms with Crippen molar-refractivity contribution in [3.63, 3.8) is 0 Å². The maximum absolute atomic E-state index is 11.0. The first-order valence-electron chi connectivity index (χ1n) is 4.42. The number of ether oxygens (including phenoxy) is 1. The van der Waals surface area contributed by atoms with Crippen LogP contribution in [0.2, 0.25) is 0 Å². The highest BCUT2D eigenvalue weighted by Gasteiger charge is 2.41. The average molecular weight is 172 g/mol. The lowest BCUT2D eigenvalue weighted by molar-refractivity contribution is -0.151. The molecule has 3 heteroatoms. The number of hydrogen-bond acceptors (Lipinski definition) is 2. The molecule has 2 atom stereocenters. The minimum atomic E-state index is -0.694. The van der Waals surface area contributed by atoms with Crippen LogP contribution in [0.3, 0.4) is 0 Å². The third kappa shape index (κ3) is 1.46. The maximum atomic E-state index is 11.0. The van der Waals surface area contributed by atoms with Gasteiger partial charge in [-0.1, -0.05) is 6.92 Å². The van der Waals surface area contributed by atoms with Crippen molar-refractivity contribution in [1.82, 2.24) is 0 Å². The highest BCUT2D eigenvalue weighted by atomic mass is 16.5. The molecule has 0 radical (unpaired) electrons. The summed E-state index contributed by atoms with van der Waals surface area (Å²) in [6.07, 6.45) is 1.56. The van der Waals surface area contributed by atoms with Crippen LogP contribution in [0.1, 0.15) is 26.7 Å². The van der Waals surface area contributed by atoms with Gasteiger partial charge in [0.15, 0.2) is 0 Å². The van der Waals surface area contributed by atoms with Gasteiger partial charge in [0.2, 0.25) is 0 Å². The van der Waals surface area contributed by atoms with Crippen molar-refractivity contribution in [2.45, 2.75) is 26.7 Å². The Morgan fingerprint density at radius 2 is 2.42 bits per heavy atom. The summed E-state index contributed by atoms with van der Waals surface area (Å²) in [5.41, 5.74) is -0.587. The average Bonchev–Trinajstić information content (AvgIpc) is 2.54. The fourth-order valence-corrected chi connectivity index (χ4v) is 1.65. The van der Waals surface area contributed by atoms with Crippen LogP contribution in [0, 0.1) is 11.3 Å². The van der Waals surface area contributed by atoms with Crippen molar-refractivity contribution < 1.29 is 14.6 Å². The highest BCUT2D eigenvalue weighted by Crippen LogP contribution is 2.36. The summed E-state index contributed by atoms with van der Waals surface area (Å²) in [5.74, 6) is -0.500. The van der Waals surface area contributed by atoms with Crippen LogP contribution in [0.25, 0.3) is 0 Å². The summed E-state index contributed by atoms with van der Waals surface area (Å²) in [6, 6.07) is 0. The molecule has 0 spiro atoms. The van der Waals surface area contributed by atoms with Crippen LogP contribution < -0.4 is 0 Å². The predicted molar refractivity (Wildman–Crippen MR) is 45.0 cm³/mol. The van der Waals surface area contributed by atoms with E-state index in [0.29, 0.717) is 19.6 Å². The third-order valence-electron chi connectivity index (χ3n) is 3.05. The number of carboxylic acid groups (broad SMARTS) is 1. The van der Waals surface area contributed by atoms with E-state index in [1.807, 2.05) is 13.8 Å². The van der Waals surface area contributed by atoms with Gasteiger partial charge in [0, 0.05) is 12.5 Å². The second-order valence-corrected chi connectivity index (χ2v) is 3.64. The molecule has 0 saturated carbocycles. The van der Waals surface area contributed by atoms with Crippen molar-refractivity contribution >= 4 is 5.97 Å². The number of carboxylic acids is 1. The van der Waals surface area contributed by atoms with E-state index in [1.54, 1.807) is 0 Å². The summed E-state index contributed by atoms with van der Waals surface area (Å²) in [5, 5.41) is 9.04. The zero-order valence-electron chi connectivity index (χ0n) is 7.67. The standard InChI is InChI=1S/C9H16O3/c1-3-9(2,8(10)11)7-4-5-12-6-7/h7H,3-6H2,1-2H3,(H,10,11). The van der Waals surface area contributed by atoms with E-state index in [0.717, 1.165) is 6.42 Å². The Morgan fingerprint density at radius 3 is 2.75 bits per heavy atom. The molecule has 70 valence electrons. The lowest BCUT2D eigenvalue weighted by Gasteiger charge is -2.28. The molecule has 2 unspecified atom stereocenters. The monoisotopic (exact) mass is 172 g/mol. The van der Waals surface area contributed by atoms with Crippen LogP contribution in [0.5, 0.6) is 0 Å². The molecular weight excluding hydrogens is 156 g/mol. The molecule has 0 bridgehead atoms. The summed E-state index contributed by atoms with van der Waals surface area (Å²) in [7, 11) is 0. The molecule has 1 rings (SSSR count). The van der Waals surface area contributed by atoms with Crippen molar-refractivity contribution in [2.75, 3.05) is 13.2 Å². The highest BCUT2D eigenvalue weighted by molar-refractivity contribution is 5.74. The second-order valence-electron chi connectivity index (χ2n) is 3.64. The molecule has 0 aromatic carbocycles. The van der Waals surface area contributed by atoms with Crippen molar-refractivity contribution in [2.24, 2.45) is 11.3 Å². The quantitative estimate of drug-likeness (QED) is 0.702. The van der Waals surface area contributed by atoms with Gasteiger partial charge >= 0.3 is 5.97 Å². The van der Waals surface area contributed by atoms with Gasteiger partial charge in [0.25, 0.3) is 0 Å². The Kier molecular flexibility index (Phi) is 2.73. The molecule has 1 aliphatic heterocycles. The number of hydrogen-bond donors (Lipinski definition) is 1. The first kappa shape index (κ1) is 9.52. The van der Waals surface area contributed by atoms with Crippen molar-refractivity contribution in [3.8, 4) is 0 Å². The van der Waals surface area contributed by atoms with E-state index < -0.39 is 11.4 Å². The van der Waals surface area contributed by atoms with Crippen LogP contribution in [-0.2, 0) is 9.53 Å². The molecule has 1 aliphatic rings. The Hall–Kier alpha value is -0.570. The van der Waals surface area contributed by atoms with Crippen molar-refractivity contribution in [1.29, 1.82) is 0 Å². The summed E-state index contributed by atoms with van der Waals surface area (Å²) in [4.78, 5) is 11.0. The van der Waals surface area contributed by atoms with E-state index in [9.17, 15) is 4.79 Å². The van der Waals surface area contributed by atoms with Crippen LogP contribution in [0.15, 0.2) is 0 Å². The van der Waals surface area contributed by atoms with Crippen LogP contribution in [-0.4, -0.2) is 24.3 Å². The Bertz CT molecular complexity index is 173. The minimum Gasteiger partial charge on any atom is -0.481 e. The van der Waals surface area contributed by atoms with E-state index in [4.69, 9.17) is 9.84 Å². The molecular formula is C9H16O3. The van der Waals surface area contributed by atoms with Crippen LogP contribution >= 0.6 is 0 Å². The first-order chi connectivity index (χ1) is 5.61. The molecule has 1 N–H and O–H groups in total. The summed E-state index contributed by atoms with van der Waals surface area (Å²) in [6.45, 7) is 5.06. The molecule has 0 amide bonds. The van der Waals surface area contributed by atoms with Gasteiger partial charge in [-0.2, -0.15) is 0 Å². The van der Waals surface area contributed by atoms with Gasteiger partial charge in [-0.05, 0) is 19.8 Å². The van der Waals surface area contributed by atoms with Gasteiger partial charge in [0.1, 0.15) is 0 Å². The number of aliphatic carboxylic acids is 1. The van der Waals surface area contributed by atoms with Gasteiger partial charge < -0.3 is 9.84 Å². The first-order valence-corrected chi connectivity index (χ1v) is 4.42. The van der Waals surface area contributed by atoms with Crippen LogP contribution in [0.4, 0.5) is 0 Å². The third-order valence-corrected chi connectivity index (χ3v) is 3.05. The number of rotatable bonds is 3. The van der Waals surface area contributed by atoms with Gasteiger partial charge in [-0.25, -0.2) is 0 Å². The molecule has 1 heterocycles. The lowest BCUT2D eigenvalue weighted by Crippen LogP contribution is -2.35. The maximum Gasteiger partial charge on any atom is 0.309 e. The summed E-state index contributed by atoms with van der Waals surface area (Å²) < 4.78 is 5.19. The van der Waals surface area contributed by atoms with Gasteiger partial charge in [-0.15, -0.1) is 0 Å². The SMILES string of the molecule is CCC(C)(C(=O)O)C1CCOC1. The number of carbonyl (C=O) groups is 1. The normalized spacial score (nSPS) is 28.3. The smallest absolute Gasteiger partial charge is 0.309 e. The topological polar surface area (TPSA) is 46.5 Å². The lowest BCUT2D eigenvalue weighted by atomic mass is 9.74. The largest absolute Gasteiger partial charge is 0.481 e. The zero-order chi connectivity index (χ0) is 9.19. The molecule has 3 nitrogen and oxygen atoms in total.